The maximum Gasteiger partial charge on any atom is 0.338 e. The first kappa shape index (κ1) is 24.0. The summed E-state index contributed by atoms with van der Waals surface area (Å²) in [6, 6.07) is 14.1. The van der Waals surface area contributed by atoms with Gasteiger partial charge in [0.15, 0.2) is 5.78 Å². The van der Waals surface area contributed by atoms with Crippen molar-refractivity contribution in [3.63, 3.8) is 0 Å². The monoisotopic (exact) mass is 542 g/mol. The normalized spacial score (nSPS) is 14.9. The molecule has 0 bridgehead atoms. The molecule has 10 heteroatoms. The van der Waals surface area contributed by atoms with Crippen molar-refractivity contribution in [3.8, 4) is 5.75 Å². The predicted octanol–water partition coefficient (Wildman–Crippen LogP) is 4.88. The van der Waals surface area contributed by atoms with E-state index in [0.717, 1.165) is 10.0 Å². The van der Waals surface area contributed by atoms with Gasteiger partial charge in [-0.05, 0) is 43.7 Å². The Bertz CT molecular complexity index is 1240. The van der Waals surface area contributed by atoms with Crippen molar-refractivity contribution < 1.29 is 19.1 Å². The second-order valence-corrected chi connectivity index (χ2v) is 9.30. The van der Waals surface area contributed by atoms with E-state index in [2.05, 4.69) is 31.3 Å². The molecule has 1 aliphatic rings. The number of Topliss-reactive ketones (excluding diaryl/α,β-unsaturated/α-hetero) is 1. The topological polar surface area (TPSA) is 95.3 Å². The van der Waals surface area contributed by atoms with Gasteiger partial charge in [-0.1, -0.05) is 52.0 Å². The molecule has 3 aromatic rings. The molecule has 176 valence electrons. The molecular weight excluding hydrogens is 520 g/mol. The van der Waals surface area contributed by atoms with Crippen molar-refractivity contribution in [1.29, 1.82) is 0 Å². The number of carbonyl (C=O) groups is 2. The third-order valence-corrected chi connectivity index (χ3v) is 6.62. The maximum absolute atomic E-state index is 12.9. The smallest absolute Gasteiger partial charge is 0.338 e. The molecule has 0 spiro atoms. The highest BCUT2D eigenvalue weighted by molar-refractivity contribution is 9.10. The maximum atomic E-state index is 12.9. The minimum absolute atomic E-state index is 0.0218. The van der Waals surface area contributed by atoms with Crippen LogP contribution in [0.25, 0.3) is 0 Å². The average Bonchev–Trinajstić information content (AvgIpc) is 3.24. The van der Waals surface area contributed by atoms with Gasteiger partial charge in [-0.3, -0.25) is 4.79 Å². The lowest BCUT2D eigenvalue weighted by Crippen LogP contribution is -2.29. The van der Waals surface area contributed by atoms with Crippen LogP contribution in [-0.2, 0) is 9.53 Å². The lowest BCUT2D eigenvalue weighted by Gasteiger charge is -2.28. The van der Waals surface area contributed by atoms with Gasteiger partial charge in [0.1, 0.15) is 11.8 Å². The summed E-state index contributed by atoms with van der Waals surface area (Å²) >= 11 is 4.62. The van der Waals surface area contributed by atoms with Crippen LogP contribution in [-0.4, -0.2) is 46.0 Å². The number of thioether (sulfide) groups is 1. The Morgan fingerprint density at radius 1 is 1.15 bits per heavy atom. The highest BCUT2D eigenvalue weighted by Crippen LogP contribution is 2.37. The molecule has 4 rings (SSSR count). The van der Waals surface area contributed by atoms with Crippen molar-refractivity contribution in [1.82, 2.24) is 14.8 Å². The van der Waals surface area contributed by atoms with Crippen LogP contribution in [0.15, 0.2) is 69.4 Å². The van der Waals surface area contributed by atoms with E-state index in [1.807, 2.05) is 43.3 Å². The Labute approximate surface area is 209 Å². The summed E-state index contributed by atoms with van der Waals surface area (Å²) in [6.45, 7) is 3.84. The number of halogens is 1. The molecule has 1 N–H and O–H groups in total. The number of allylic oxidation sites excluding steroid dienone is 1. The first-order chi connectivity index (χ1) is 16.4. The van der Waals surface area contributed by atoms with E-state index >= 15 is 0 Å². The Kier molecular flexibility index (Phi) is 7.38. The summed E-state index contributed by atoms with van der Waals surface area (Å²) in [4.78, 5) is 30.0. The van der Waals surface area contributed by atoms with E-state index in [1.54, 1.807) is 30.8 Å². The fraction of sp³-hybridized carbons (Fsp3) is 0.250. The number of ketones is 1. The Balaban J connectivity index is 1.63. The number of nitrogens with zero attached hydrogens (tertiary/aromatic N) is 3. The molecule has 1 aromatic heterocycles. The van der Waals surface area contributed by atoms with Crippen LogP contribution in [0, 0.1) is 0 Å². The predicted molar refractivity (Wildman–Crippen MR) is 133 cm³/mol. The minimum Gasteiger partial charge on any atom is -0.497 e. The molecule has 2 heterocycles. The van der Waals surface area contributed by atoms with E-state index in [9.17, 15) is 9.59 Å². The van der Waals surface area contributed by atoms with Gasteiger partial charge >= 0.3 is 5.97 Å². The number of hydrogen-bond donors (Lipinski definition) is 1. The number of rotatable bonds is 8. The van der Waals surface area contributed by atoms with Gasteiger partial charge in [-0.15, -0.1) is 5.10 Å². The first-order valence-electron chi connectivity index (χ1n) is 10.6. The summed E-state index contributed by atoms with van der Waals surface area (Å²) in [5.74, 6) is 0.943. The van der Waals surface area contributed by atoms with Crippen molar-refractivity contribution in [2.75, 3.05) is 24.8 Å². The molecule has 0 amide bonds. The average molecular weight is 543 g/mol. The van der Waals surface area contributed by atoms with Gasteiger partial charge in [0.2, 0.25) is 11.1 Å². The highest BCUT2D eigenvalue weighted by Gasteiger charge is 2.35. The van der Waals surface area contributed by atoms with E-state index in [-0.39, 0.29) is 18.1 Å². The zero-order chi connectivity index (χ0) is 24.2. The van der Waals surface area contributed by atoms with Crippen LogP contribution in [0.2, 0.25) is 0 Å². The van der Waals surface area contributed by atoms with Crippen LogP contribution < -0.4 is 10.1 Å². The molecule has 0 unspecified atom stereocenters. The van der Waals surface area contributed by atoms with Crippen LogP contribution in [0.4, 0.5) is 5.95 Å². The molecule has 0 saturated heterocycles. The third-order valence-electron chi connectivity index (χ3n) is 5.26. The third kappa shape index (κ3) is 5.02. The van der Waals surface area contributed by atoms with Gasteiger partial charge in [0.05, 0.1) is 25.0 Å². The number of hydrogen-bond acceptors (Lipinski definition) is 8. The summed E-state index contributed by atoms with van der Waals surface area (Å²) in [5, 5.41) is 8.22. The van der Waals surface area contributed by atoms with Crippen LogP contribution in [0.3, 0.4) is 0 Å². The van der Waals surface area contributed by atoms with Gasteiger partial charge in [-0.2, -0.15) is 4.98 Å². The fourth-order valence-corrected chi connectivity index (χ4v) is 4.60. The lowest BCUT2D eigenvalue weighted by atomic mass is 9.96. The number of fused-ring (bicyclic) bond motifs is 1. The van der Waals surface area contributed by atoms with Crippen LogP contribution in [0.5, 0.6) is 5.75 Å². The number of esters is 1. The van der Waals surface area contributed by atoms with E-state index in [1.165, 1.54) is 11.8 Å². The van der Waals surface area contributed by atoms with E-state index in [4.69, 9.17) is 9.47 Å². The first-order valence-corrected chi connectivity index (χ1v) is 12.4. The quantitative estimate of drug-likeness (QED) is 0.244. The second kappa shape index (κ2) is 10.4. The van der Waals surface area contributed by atoms with Crippen molar-refractivity contribution in [3.05, 3.63) is 75.4 Å². The second-order valence-electron chi connectivity index (χ2n) is 7.44. The van der Waals surface area contributed by atoms with Gasteiger partial charge in [0, 0.05) is 15.7 Å². The molecule has 34 heavy (non-hydrogen) atoms. The van der Waals surface area contributed by atoms with Crippen LogP contribution in [0.1, 0.15) is 35.8 Å². The molecule has 1 aliphatic heterocycles. The van der Waals surface area contributed by atoms with Gasteiger partial charge in [-0.25, -0.2) is 9.48 Å². The molecule has 1 atom stereocenters. The number of aromatic nitrogens is 3. The molecule has 0 radical (unpaired) electrons. The van der Waals surface area contributed by atoms with Crippen LogP contribution >= 0.6 is 27.7 Å². The number of anilines is 1. The molecular formula is C24H23BrN4O4S. The number of nitrogens with one attached hydrogen (secondary N) is 1. The molecule has 0 saturated carbocycles. The summed E-state index contributed by atoms with van der Waals surface area (Å²) in [7, 11) is 1.60. The van der Waals surface area contributed by atoms with Gasteiger partial charge < -0.3 is 14.8 Å². The highest BCUT2D eigenvalue weighted by atomic mass is 79.9. The van der Waals surface area contributed by atoms with Gasteiger partial charge in [0.25, 0.3) is 0 Å². The number of benzene rings is 2. The zero-order valence-electron chi connectivity index (χ0n) is 18.9. The molecule has 2 aromatic carbocycles. The van der Waals surface area contributed by atoms with Crippen molar-refractivity contribution in [2.45, 2.75) is 25.0 Å². The van der Waals surface area contributed by atoms with E-state index in [0.29, 0.717) is 33.7 Å². The summed E-state index contributed by atoms with van der Waals surface area (Å²) < 4.78 is 13.2. The SMILES string of the molecule is CCOC(=O)C1=C(C)Nc2nc(SCC(=O)c3ccc(Br)cc3)nn2[C@@H]1c1ccc(OC)cc1. The molecule has 0 fully saturated rings. The lowest BCUT2D eigenvalue weighted by molar-refractivity contribution is -0.139. The summed E-state index contributed by atoms with van der Waals surface area (Å²) in [5.41, 5.74) is 2.54. The number of ether oxygens (including phenoxy) is 2. The zero-order valence-corrected chi connectivity index (χ0v) is 21.3. The molecule has 0 aliphatic carbocycles. The van der Waals surface area contributed by atoms with Crippen molar-refractivity contribution in [2.24, 2.45) is 0 Å². The minimum atomic E-state index is -0.537. The Morgan fingerprint density at radius 2 is 1.85 bits per heavy atom. The standard InChI is InChI=1S/C24H23BrN4O4S/c1-4-33-22(31)20-14(2)26-23-27-24(34-13-19(30)15-5-9-17(25)10-6-15)28-29(23)21(20)16-7-11-18(32-3)12-8-16/h5-12,21H,4,13H2,1-3H3,(H,26,27,28)/t21-/m1/s1. The van der Waals surface area contributed by atoms with E-state index < -0.39 is 12.0 Å². The fourth-order valence-electron chi connectivity index (χ4n) is 3.61. The molecule has 8 nitrogen and oxygen atoms in total. The Hall–Kier alpha value is -3.11. The van der Waals surface area contributed by atoms with Crippen molar-refractivity contribution >= 4 is 45.4 Å². The number of carbonyl (C=O) groups excluding carboxylic acids is 2. The summed E-state index contributed by atoms with van der Waals surface area (Å²) in [6.07, 6.45) is 0. The Morgan fingerprint density at radius 3 is 2.50 bits per heavy atom. The number of methoxy groups -OCH3 is 1. The largest absolute Gasteiger partial charge is 0.497 e.